The number of aromatic nitrogens is 2. The van der Waals surface area contributed by atoms with Crippen LogP contribution in [-0.2, 0) is 4.74 Å². The zero-order valence-electron chi connectivity index (χ0n) is 13.6. The molecule has 0 spiro atoms. The number of carbonyl (C=O) groups is 1. The summed E-state index contributed by atoms with van der Waals surface area (Å²) < 4.78 is 10.8. The van der Waals surface area contributed by atoms with E-state index in [0.717, 1.165) is 13.1 Å². The minimum atomic E-state index is -0.293. The van der Waals surface area contributed by atoms with E-state index in [2.05, 4.69) is 15.3 Å². The molecule has 1 aromatic heterocycles. The summed E-state index contributed by atoms with van der Waals surface area (Å²) in [5.74, 6) is 0.888. The Morgan fingerprint density at radius 1 is 1.29 bits per heavy atom. The summed E-state index contributed by atoms with van der Waals surface area (Å²) >= 11 is 0. The Bertz CT molecular complexity index is 702. The smallest absolute Gasteiger partial charge is 0.274 e. The van der Waals surface area contributed by atoms with Gasteiger partial charge in [0.2, 0.25) is 5.95 Å². The highest BCUT2D eigenvalue weighted by Crippen LogP contribution is 2.24. The Morgan fingerprint density at radius 3 is 2.88 bits per heavy atom. The number of nitrogens with one attached hydrogen (secondary N) is 1. The van der Waals surface area contributed by atoms with Crippen molar-refractivity contribution in [1.82, 2.24) is 9.97 Å². The molecule has 0 bridgehead atoms. The molecule has 1 saturated heterocycles. The topological polar surface area (TPSA) is 76.6 Å². The maximum Gasteiger partial charge on any atom is 0.274 e. The molecular formula is C17H20N4O3. The number of hydrogen-bond acceptors (Lipinski definition) is 6. The van der Waals surface area contributed by atoms with Crippen molar-refractivity contribution in [2.45, 2.75) is 6.92 Å². The molecular weight excluding hydrogens is 308 g/mol. The molecule has 1 fully saturated rings. The molecule has 1 aromatic carbocycles. The molecule has 1 aliphatic rings. The summed E-state index contributed by atoms with van der Waals surface area (Å²) in [5.41, 5.74) is 0.939. The summed E-state index contributed by atoms with van der Waals surface area (Å²) in [6.45, 7) is 5.15. The predicted molar refractivity (Wildman–Crippen MR) is 90.6 cm³/mol. The Kier molecular flexibility index (Phi) is 5.22. The van der Waals surface area contributed by atoms with Gasteiger partial charge in [0.15, 0.2) is 0 Å². The molecule has 7 nitrogen and oxygen atoms in total. The molecule has 1 aliphatic heterocycles. The lowest BCUT2D eigenvalue weighted by Gasteiger charge is -2.26. The Balaban J connectivity index is 1.75. The monoisotopic (exact) mass is 328 g/mol. The molecule has 7 heteroatoms. The van der Waals surface area contributed by atoms with E-state index < -0.39 is 0 Å². The maximum absolute atomic E-state index is 12.5. The van der Waals surface area contributed by atoms with E-state index in [-0.39, 0.29) is 5.91 Å². The Morgan fingerprint density at radius 2 is 2.08 bits per heavy atom. The van der Waals surface area contributed by atoms with Crippen molar-refractivity contribution in [3.8, 4) is 5.75 Å². The van der Waals surface area contributed by atoms with Crippen LogP contribution in [-0.4, -0.2) is 48.8 Å². The normalized spacial score (nSPS) is 14.3. The van der Waals surface area contributed by atoms with Gasteiger partial charge in [-0.25, -0.2) is 9.97 Å². The largest absolute Gasteiger partial charge is 0.492 e. The number of nitrogens with zero attached hydrogens (tertiary/aromatic N) is 3. The fourth-order valence-electron chi connectivity index (χ4n) is 2.43. The maximum atomic E-state index is 12.5. The standard InChI is InChI=1S/C17H20N4O3/c1-2-24-15-6-4-3-5-13(15)19-16(22)14-7-8-18-17(20-14)21-9-11-23-12-10-21/h3-8H,2,9-12H2,1H3,(H,19,22). The molecule has 0 saturated carbocycles. The number of anilines is 2. The van der Waals surface area contributed by atoms with Crippen molar-refractivity contribution < 1.29 is 14.3 Å². The van der Waals surface area contributed by atoms with Crippen LogP contribution in [0.2, 0.25) is 0 Å². The van der Waals surface area contributed by atoms with Crippen molar-refractivity contribution in [3.05, 3.63) is 42.2 Å². The quantitative estimate of drug-likeness (QED) is 0.904. The van der Waals surface area contributed by atoms with Crippen LogP contribution < -0.4 is 15.0 Å². The Hall–Kier alpha value is -2.67. The highest BCUT2D eigenvalue weighted by atomic mass is 16.5. The van der Waals surface area contributed by atoms with Gasteiger partial charge in [-0.15, -0.1) is 0 Å². The molecule has 0 aliphatic carbocycles. The van der Waals surface area contributed by atoms with Crippen molar-refractivity contribution in [1.29, 1.82) is 0 Å². The van der Waals surface area contributed by atoms with Crippen LogP contribution in [0.25, 0.3) is 0 Å². The second-order valence-electron chi connectivity index (χ2n) is 5.22. The first kappa shape index (κ1) is 16.2. The van der Waals surface area contributed by atoms with E-state index in [4.69, 9.17) is 9.47 Å². The van der Waals surface area contributed by atoms with Gasteiger partial charge in [-0.1, -0.05) is 12.1 Å². The summed E-state index contributed by atoms with van der Waals surface area (Å²) in [6, 6.07) is 8.92. The van der Waals surface area contributed by atoms with Gasteiger partial charge in [0.05, 0.1) is 25.5 Å². The number of hydrogen-bond donors (Lipinski definition) is 1. The first-order valence-corrected chi connectivity index (χ1v) is 7.97. The van der Waals surface area contributed by atoms with Crippen LogP contribution in [0.5, 0.6) is 5.75 Å². The van der Waals surface area contributed by atoms with Gasteiger partial charge in [0.25, 0.3) is 5.91 Å². The number of carbonyl (C=O) groups excluding carboxylic acids is 1. The van der Waals surface area contributed by atoms with E-state index in [9.17, 15) is 4.79 Å². The minimum absolute atomic E-state index is 0.293. The van der Waals surface area contributed by atoms with Gasteiger partial charge in [-0.3, -0.25) is 4.79 Å². The number of para-hydroxylation sites is 2. The molecule has 2 heterocycles. The molecule has 0 radical (unpaired) electrons. The first-order chi connectivity index (χ1) is 11.8. The molecule has 24 heavy (non-hydrogen) atoms. The molecule has 2 aromatic rings. The van der Waals surface area contributed by atoms with Crippen LogP contribution in [0.15, 0.2) is 36.5 Å². The van der Waals surface area contributed by atoms with E-state index in [1.807, 2.05) is 30.0 Å². The van der Waals surface area contributed by atoms with E-state index in [1.54, 1.807) is 18.3 Å². The van der Waals surface area contributed by atoms with Gasteiger partial charge in [0.1, 0.15) is 11.4 Å². The van der Waals surface area contributed by atoms with Crippen LogP contribution in [0.3, 0.4) is 0 Å². The number of morpholine rings is 1. The molecule has 1 amide bonds. The summed E-state index contributed by atoms with van der Waals surface area (Å²) in [6.07, 6.45) is 1.60. The highest BCUT2D eigenvalue weighted by molar-refractivity contribution is 6.03. The van der Waals surface area contributed by atoms with Crippen molar-refractivity contribution in [3.63, 3.8) is 0 Å². The molecule has 0 unspecified atom stereocenters. The molecule has 126 valence electrons. The van der Waals surface area contributed by atoms with Crippen molar-refractivity contribution >= 4 is 17.5 Å². The van der Waals surface area contributed by atoms with Gasteiger partial charge < -0.3 is 19.7 Å². The van der Waals surface area contributed by atoms with Gasteiger partial charge in [0, 0.05) is 19.3 Å². The van der Waals surface area contributed by atoms with Crippen LogP contribution in [0, 0.1) is 0 Å². The van der Waals surface area contributed by atoms with Gasteiger partial charge >= 0.3 is 0 Å². The summed E-state index contributed by atoms with van der Waals surface area (Å²) in [7, 11) is 0. The van der Waals surface area contributed by atoms with E-state index in [1.165, 1.54) is 0 Å². The number of amides is 1. The fraction of sp³-hybridized carbons (Fsp3) is 0.353. The van der Waals surface area contributed by atoms with E-state index >= 15 is 0 Å². The van der Waals surface area contributed by atoms with Crippen molar-refractivity contribution in [2.24, 2.45) is 0 Å². The van der Waals surface area contributed by atoms with Crippen LogP contribution >= 0.6 is 0 Å². The summed E-state index contributed by atoms with van der Waals surface area (Å²) in [4.78, 5) is 23.1. The predicted octanol–water partition coefficient (Wildman–Crippen LogP) is 1.96. The Labute approximate surface area is 140 Å². The number of ether oxygens (including phenoxy) is 2. The summed E-state index contributed by atoms with van der Waals surface area (Å²) in [5, 5.41) is 2.84. The fourth-order valence-corrected chi connectivity index (χ4v) is 2.43. The molecule has 0 atom stereocenters. The lowest BCUT2D eigenvalue weighted by Crippen LogP contribution is -2.37. The molecule has 1 N–H and O–H groups in total. The zero-order chi connectivity index (χ0) is 16.8. The highest BCUT2D eigenvalue weighted by Gasteiger charge is 2.17. The van der Waals surface area contributed by atoms with Crippen molar-refractivity contribution in [2.75, 3.05) is 43.1 Å². The third-order valence-electron chi connectivity index (χ3n) is 3.60. The van der Waals surface area contributed by atoms with E-state index in [0.29, 0.717) is 42.9 Å². The van der Waals surface area contributed by atoms with Gasteiger partial charge in [-0.2, -0.15) is 0 Å². The first-order valence-electron chi connectivity index (χ1n) is 7.97. The van der Waals surface area contributed by atoms with Gasteiger partial charge in [-0.05, 0) is 25.1 Å². The number of benzene rings is 1. The van der Waals surface area contributed by atoms with Crippen LogP contribution in [0.1, 0.15) is 17.4 Å². The third-order valence-corrected chi connectivity index (χ3v) is 3.60. The molecule has 3 rings (SSSR count). The third kappa shape index (κ3) is 3.80. The zero-order valence-corrected chi connectivity index (χ0v) is 13.6. The lowest BCUT2D eigenvalue weighted by atomic mass is 10.2. The average Bonchev–Trinajstić information content (AvgIpc) is 2.64. The second-order valence-corrected chi connectivity index (χ2v) is 5.22. The average molecular weight is 328 g/mol. The minimum Gasteiger partial charge on any atom is -0.492 e. The number of rotatable bonds is 5. The lowest BCUT2D eigenvalue weighted by molar-refractivity contribution is 0.102. The SMILES string of the molecule is CCOc1ccccc1NC(=O)c1ccnc(N2CCOCC2)n1. The van der Waals surface area contributed by atoms with Crippen LogP contribution in [0.4, 0.5) is 11.6 Å². The second kappa shape index (κ2) is 7.74.